The minimum atomic E-state index is -1.93. The minimum Gasteiger partial charge on any atom is -0.479 e. The first-order valence-corrected chi connectivity index (χ1v) is 28.6. The van der Waals surface area contributed by atoms with Gasteiger partial charge >= 0.3 is 23.9 Å². The summed E-state index contributed by atoms with van der Waals surface area (Å²) >= 11 is 0. The lowest BCUT2D eigenvalue weighted by molar-refractivity contribution is -0.301. The van der Waals surface area contributed by atoms with Crippen molar-refractivity contribution < 1.29 is 58.2 Å². The van der Waals surface area contributed by atoms with E-state index in [-0.39, 0.29) is 25.9 Å². The summed E-state index contributed by atoms with van der Waals surface area (Å²) < 4.78 is 28.3. The van der Waals surface area contributed by atoms with Crippen LogP contribution in [0.1, 0.15) is 226 Å². The molecule has 12 heteroatoms. The molecule has 416 valence electrons. The van der Waals surface area contributed by atoms with Crippen LogP contribution < -0.4 is 0 Å². The van der Waals surface area contributed by atoms with Crippen LogP contribution in [0.3, 0.4) is 0 Å². The van der Waals surface area contributed by atoms with Crippen LogP contribution in [-0.2, 0) is 42.9 Å². The molecule has 0 aromatic heterocycles. The Morgan fingerprint density at radius 1 is 0.466 bits per heavy atom. The molecular weight excluding hydrogens is 925 g/mol. The van der Waals surface area contributed by atoms with E-state index < -0.39 is 67.3 Å². The summed E-state index contributed by atoms with van der Waals surface area (Å²) in [6.07, 6.45) is 49.9. The number of carboxylic acids is 1. The van der Waals surface area contributed by atoms with Crippen LogP contribution in [0.5, 0.6) is 0 Å². The Balaban J connectivity index is 2.74. The third-order valence-electron chi connectivity index (χ3n) is 12.4. The van der Waals surface area contributed by atoms with E-state index >= 15 is 0 Å². The number of aliphatic carboxylic acids is 1. The quantitative estimate of drug-likeness (QED) is 0.0228. The SMILES string of the molecule is CC/C=C\C/C=C\C/C=C\C/C=C\C/C=C\CCCC(=O)OC1C(OCC(COC(=O)CCCCCCC/C=C\CCCCCCCC)OC(=O)CCCCCCC/C=C\CCCC)OC(C(=O)O)C(O)C1O. The summed E-state index contributed by atoms with van der Waals surface area (Å²) in [5.74, 6) is -3.23. The van der Waals surface area contributed by atoms with E-state index in [1.54, 1.807) is 0 Å². The summed E-state index contributed by atoms with van der Waals surface area (Å²) in [6.45, 7) is 5.78. The summed E-state index contributed by atoms with van der Waals surface area (Å²) in [5, 5.41) is 31.4. The molecule has 1 aliphatic rings. The lowest BCUT2D eigenvalue weighted by atomic mass is 9.98. The number of esters is 3. The third kappa shape index (κ3) is 39.0. The van der Waals surface area contributed by atoms with Crippen molar-refractivity contribution in [3.63, 3.8) is 0 Å². The summed E-state index contributed by atoms with van der Waals surface area (Å²) in [6, 6.07) is 0. The zero-order chi connectivity index (χ0) is 53.3. The number of aliphatic hydroxyl groups excluding tert-OH is 2. The molecule has 0 aromatic rings. The molecule has 0 spiro atoms. The number of allylic oxidation sites excluding steroid dienone is 14. The van der Waals surface area contributed by atoms with E-state index in [1.165, 1.54) is 51.4 Å². The number of unbranched alkanes of at least 4 members (excludes halogenated alkanes) is 19. The number of carboxylic acid groups (broad SMARTS) is 1. The van der Waals surface area contributed by atoms with Gasteiger partial charge in [-0.1, -0.05) is 189 Å². The predicted octanol–water partition coefficient (Wildman–Crippen LogP) is 14.3. The van der Waals surface area contributed by atoms with Gasteiger partial charge in [0, 0.05) is 19.3 Å². The number of ether oxygens (including phenoxy) is 5. The zero-order valence-electron chi connectivity index (χ0n) is 45.6. The van der Waals surface area contributed by atoms with Crippen molar-refractivity contribution in [1.29, 1.82) is 0 Å². The van der Waals surface area contributed by atoms with Crippen LogP contribution in [0.25, 0.3) is 0 Å². The Hall–Kier alpha value is -4.10. The Labute approximate surface area is 441 Å². The molecular formula is C61H100O12. The van der Waals surface area contributed by atoms with Gasteiger partial charge in [-0.25, -0.2) is 4.79 Å². The zero-order valence-corrected chi connectivity index (χ0v) is 45.6. The van der Waals surface area contributed by atoms with E-state index in [0.717, 1.165) is 109 Å². The fraction of sp³-hybridized carbons (Fsp3) is 0.705. The van der Waals surface area contributed by atoms with Crippen LogP contribution in [0, 0.1) is 0 Å². The van der Waals surface area contributed by atoms with E-state index in [9.17, 15) is 34.5 Å². The number of carbonyl (C=O) groups excluding carboxylic acids is 3. The number of aliphatic hydroxyl groups is 2. The minimum absolute atomic E-state index is 0.0221. The first-order valence-electron chi connectivity index (χ1n) is 28.6. The molecule has 0 amide bonds. The maximum atomic E-state index is 13.1. The van der Waals surface area contributed by atoms with Gasteiger partial charge in [0.15, 0.2) is 24.6 Å². The molecule has 0 radical (unpaired) electrons. The van der Waals surface area contributed by atoms with E-state index in [2.05, 4.69) is 93.7 Å². The van der Waals surface area contributed by atoms with Crippen LogP contribution in [-0.4, -0.2) is 89.2 Å². The Morgan fingerprint density at radius 2 is 0.890 bits per heavy atom. The second-order valence-electron chi connectivity index (χ2n) is 19.2. The summed E-state index contributed by atoms with van der Waals surface area (Å²) in [4.78, 5) is 51.0. The third-order valence-corrected chi connectivity index (χ3v) is 12.4. The number of rotatable bonds is 47. The van der Waals surface area contributed by atoms with Crippen molar-refractivity contribution >= 4 is 23.9 Å². The topological polar surface area (TPSA) is 175 Å². The van der Waals surface area contributed by atoms with Gasteiger partial charge < -0.3 is 39.0 Å². The van der Waals surface area contributed by atoms with Gasteiger partial charge in [-0.15, -0.1) is 0 Å². The molecule has 0 saturated carbocycles. The molecule has 6 atom stereocenters. The van der Waals surface area contributed by atoms with Gasteiger partial charge in [0.2, 0.25) is 0 Å². The van der Waals surface area contributed by atoms with Gasteiger partial charge in [-0.2, -0.15) is 0 Å². The molecule has 0 aliphatic carbocycles. The van der Waals surface area contributed by atoms with Crippen molar-refractivity contribution in [2.24, 2.45) is 0 Å². The second kappa shape index (κ2) is 48.8. The lowest BCUT2D eigenvalue weighted by Crippen LogP contribution is -2.61. The molecule has 1 fully saturated rings. The highest BCUT2D eigenvalue weighted by molar-refractivity contribution is 5.74. The molecule has 1 rings (SSSR count). The van der Waals surface area contributed by atoms with Crippen molar-refractivity contribution in [1.82, 2.24) is 0 Å². The van der Waals surface area contributed by atoms with E-state index in [1.807, 2.05) is 12.2 Å². The van der Waals surface area contributed by atoms with Crippen molar-refractivity contribution in [3.05, 3.63) is 85.1 Å². The monoisotopic (exact) mass is 1020 g/mol. The van der Waals surface area contributed by atoms with Crippen LogP contribution in [0.4, 0.5) is 0 Å². The molecule has 0 bridgehead atoms. The van der Waals surface area contributed by atoms with Gasteiger partial charge in [-0.3, -0.25) is 14.4 Å². The Morgan fingerprint density at radius 3 is 1.41 bits per heavy atom. The molecule has 12 nitrogen and oxygen atoms in total. The smallest absolute Gasteiger partial charge is 0.335 e. The molecule has 1 saturated heterocycles. The fourth-order valence-corrected chi connectivity index (χ4v) is 8.02. The Kier molecular flexibility index (Phi) is 44.7. The van der Waals surface area contributed by atoms with Crippen molar-refractivity contribution in [2.75, 3.05) is 13.2 Å². The number of carbonyl (C=O) groups is 4. The van der Waals surface area contributed by atoms with E-state index in [0.29, 0.717) is 25.7 Å². The van der Waals surface area contributed by atoms with Crippen LogP contribution >= 0.6 is 0 Å². The predicted molar refractivity (Wildman–Crippen MR) is 294 cm³/mol. The molecule has 1 aliphatic heterocycles. The first kappa shape index (κ1) is 66.9. The standard InChI is InChI=1S/C61H100O12/c1-4-7-10-13-16-19-22-24-26-27-29-31-34-37-40-43-46-49-55(64)72-59-57(66)56(65)58(60(67)68)73-61(59)70-51-52(71-54(63)48-45-42-39-36-32-21-18-15-12-9-6-3)50-69-53(62)47-44-41-38-35-33-30-28-25-23-20-17-14-11-8-5-2/h7,10,15-16,18-19,24-26,28-29,31,37,40,52,56-59,61,65-66H,4-6,8-9,11-14,17,20-23,27,30,32-36,38-39,41-51H2,1-3H3,(H,67,68)/b10-7-,18-15-,19-16-,26-24-,28-25-,31-29-,40-37-. The second-order valence-corrected chi connectivity index (χ2v) is 19.2. The van der Waals surface area contributed by atoms with Crippen LogP contribution in [0.15, 0.2) is 85.1 Å². The highest BCUT2D eigenvalue weighted by Crippen LogP contribution is 2.26. The lowest BCUT2D eigenvalue weighted by Gasteiger charge is -2.40. The fourth-order valence-electron chi connectivity index (χ4n) is 8.02. The molecule has 3 N–H and O–H groups in total. The Bertz CT molecular complexity index is 1590. The maximum Gasteiger partial charge on any atom is 0.335 e. The summed E-state index contributed by atoms with van der Waals surface area (Å²) in [7, 11) is 0. The highest BCUT2D eigenvalue weighted by atomic mass is 16.7. The largest absolute Gasteiger partial charge is 0.479 e. The van der Waals surface area contributed by atoms with Crippen LogP contribution in [0.2, 0.25) is 0 Å². The molecule has 0 aromatic carbocycles. The average Bonchev–Trinajstić information content (AvgIpc) is 3.37. The average molecular weight is 1030 g/mol. The maximum absolute atomic E-state index is 13.1. The van der Waals surface area contributed by atoms with Crippen molar-refractivity contribution in [3.8, 4) is 0 Å². The normalized spacial score (nSPS) is 18.9. The number of hydrogen-bond acceptors (Lipinski definition) is 11. The first-order chi connectivity index (χ1) is 35.6. The molecule has 1 heterocycles. The molecule has 6 unspecified atom stereocenters. The number of hydrogen-bond donors (Lipinski definition) is 3. The summed E-state index contributed by atoms with van der Waals surface area (Å²) in [5.41, 5.74) is 0. The van der Waals surface area contributed by atoms with Gasteiger partial charge in [0.25, 0.3) is 0 Å². The van der Waals surface area contributed by atoms with Gasteiger partial charge in [0.1, 0.15) is 18.8 Å². The highest BCUT2D eigenvalue weighted by Gasteiger charge is 2.50. The van der Waals surface area contributed by atoms with E-state index in [4.69, 9.17) is 23.7 Å². The van der Waals surface area contributed by atoms with Crippen molar-refractivity contribution in [2.45, 2.75) is 263 Å². The molecule has 73 heavy (non-hydrogen) atoms. The van der Waals surface area contributed by atoms with Gasteiger partial charge in [-0.05, 0) is 103 Å². The van der Waals surface area contributed by atoms with Gasteiger partial charge in [0.05, 0.1) is 6.61 Å².